The number of anilines is 1. The minimum Gasteiger partial charge on any atom is -0.323 e. The van der Waals surface area contributed by atoms with Gasteiger partial charge < -0.3 is 10.2 Å². The molecule has 5 nitrogen and oxygen atoms in total. The Labute approximate surface area is 168 Å². The molecule has 1 aromatic carbocycles. The average molecular weight is 381 g/mol. The first-order valence-corrected chi connectivity index (χ1v) is 10.5. The third-order valence-electron chi connectivity index (χ3n) is 5.26. The maximum Gasteiger partial charge on any atom is 0.321 e. The minimum absolute atomic E-state index is 0.00146. The van der Waals surface area contributed by atoms with Crippen LogP contribution in [0.15, 0.2) is 48.7 Å². The number of carbonyl (C=O) groups is 1. The Morgan fingerprint density at radius 3 is 2.64 bits per heavy atom. The van der Waals surface area contributed by atoms with Gasteiger partial charge in [0, 0.05) is 44.6 Å². The molecule has 2 aromatic rings. The Morgan fingerprint density at radius 2 is 1.89 bits per heavy atom. The van der Waals surface area contributed by atoms with Crippen molar-refractivity contribution in [2.24, 2.45) is 0 Å². The molecule has 1 aromatic heterocycles. The van der Waals surface area contributed by atoms with Crippen LogP contribution >= 0.6 is 0 Å². The molecule has 0 radical (unpaired) electrons. The van der Waals surface area contributed by atoms with E-state index in [1.165, 1.54) is 24.8 Å². The molecule has 5 heteroatoms. The molecule has 2 amide bonds. The number of nitrogens with zero attached hydrogens (tertiary/aromatic N) is 3. The van der Waals surface area contributed by atoms with Crippen molar-refractivity contribution < 1.29 is 4.79 Å². The molecule has 0 unspecified atom stereocenters. The van der Waals surface area contributed by atoms with Gasteiger partial charge in [0.05, 0.1) is 5.69 Å². The van der Waals surface area contributed by atoms with E-state index in [0.29, 0.717) is 0 Å². The maximum atomic E-state index is 12.7. The molecule has 1 aliphatic heterocycles. The van der Waals surface area contributed by atoms with E-state index in [1.54, 1.807) is 0 Å². The van der Waals surface area contributed by atoms with E-state index in [2.05, 4.69) is 40.3 Å². The quantitative estimate of drug-likeness (QED) is 0.717. The summed E-state index contributed by atoms with van der Waals surface area (Å²) in [4.78, 5) is 21.4. The lowest BCUT2D eigenvalue weighted by Crippen LogP contribution is -2.38. The first-order valence-electron chi connectivity index (χ1n) is 10.5. The fourth-order valence-corrected chi connectivity index (χ4v) is 3.59. The molecule has 1 aliphatic rings. The molecule has 0 atom stereocenters. The van der Waals surface area contributed by atoms with Gasteiger partial charge in [-0.3, -0.25) is 9.88 Å². The molecule has 0 spiro atoms. The average Bonchev–Trinajstić information content (AvgIpc) is 2.96. The van der Waals surface area contributed by atoms with Crippen LogP contribution in [0.1, 0.15) is 43.9 Å². The Bertz CT molecular complexity index is 717. The number of aryl methyl sites for hydroxylation is 1. The van der Waals surface area contributed by atoms with E-state index in [9.17, 15) is 4.79 Å². The molecule has 0 aliphatic carbocycles. The van der Waals surface area contributed by atoms with E-state index in [1.807, 2.05) is 35.4 Å². The van der Waals surface area contributed by atoms with Crippen LogP contribution in [0.2, 0.25) is 0 Å². The monoisotopic (exact) mass is 380 g/mol. The third-order valence-corrected chi connectivity index (χ3v) is 5.26. The smallest absolute Gasteiger partial charge is 0.321 e. The second-order valence-corrected chi connectivity index (χ2v) is 7.52. The van der Waals surface area contributed by atoms with Crippen LogP contribution in [0.4, 0.5) is 10.5 Å². The van der Waals surface area contributed by atoms with Gasteiger partial charge in [0.2, 0.25) is 0 Å². The van der Waals surface area contributed by atoms with Crippen molar-refractivity contribution in [3.8, 4) is 0 Å². The summed E-state index contributed by atoms with van der Waals surface area (Å²) in [5, 5.41) is 3.05. The number of amides is 2. The fraction of sp³-hybridized carbons (Fsp3) is 0.478. The molecular formula is C23H32N4O. The number of benzene rings is 1. The van der Waals surface area contributed by atoms with E-state index >= 15 is 0 Å². The van der Waals surface area contributed by atoms with Gasteiger partial charge in [-0.05, 0) is 49.1 Å². The summed E-state index contributed by atoms with van der Waals surface area (Å²) >= 11 is 0. The van der Waals surface area contributed by atoms with Gasteiger partial charge in [-0.1, -0.05) is 38.0 Å². The highest BCUT2D eigenvalue weighted by molar-refractivity contribution is 5.89. The summed E-state index contributed by atoms with van der Waals surface area (Å²) in [6.45, 7) is 6.47. The summed E-state index contributed by atoms with van der Waals surface area (Å²) < 4.78 is 0. The van der Waals surface area contributed by atoms with Crippen molar-refractivity contribution in [3.63, 3.8) is 0 Å². The normalized spacial score (nSPS) is 15.2. The molecule has 28 heavy (non-hydrogen) atoms. The predicted molar refractivity (Wildman–Crippen MR) is 114 cm³/mol. The first-order chi connectivity index (χ1) is 13.7. The number of aromatic nitrogens is 1. The maximum absolute atomic E-state index is 12.7. The lowest BCUT2D eigenvalue weighted by molar-refractivity contribution is 0.211. The molecule has 150 valence electrons. The second kappa shape index (κ2) is 10.8. The summed E-state index contributed by atoms with van der Waals surface area (Å²) in [6, 6.07) is 14.3. The van der Waals surface area contributed by atoms with E-state index in [0.717, 1.165) is 56.9 Å². The van der Waals surface area contributed by atoms with Crippen molar-refractivity contribution >= 4 is 11.7 Å². The lowest BCUT2D eigenvalue weighted by Gasteiger charge is -2.22. The molecular weight excluding hydrogens is 348 g/mol. The highest BCUT2D eigenvalue weighted by Gasteiger charge is 2.19. The number of urea groups is 1. The largest absolute Gasteiger partial charge is 0.323 e. The summed E-state index contributed by atoms with van der Waals surface area (Å²) in [7, 11) is 0. The Kier molecular flexibility index (Phi) is 7.85. The van der Waals surface area contributed by atoms with Crippen LogP contribution in [0.5, 0.6) is 0 Å². The van der Waals surface area contributed by atoms with Crippen LogP contribution in [0, 0.1) is 0 Å². The van der Waals surface area contributed by atoms with Crippen LogP contribution < -0.4 is 5.32 Å². The number of carbonyl (C=O) groups excluding carboxylic acids is 1. The Hall–Kier alpha value is -2.40. The molecule has 3 rings (SSSR count). The zero-order chi connectivity index (χ0) is 19.6. The number of unbranched alkanes of at least 4 members (excludes halogenated alkanes) is 2. The van der Waals surface area contributed by atoms with Gasteiger partial charge in [0.15, 0.2) is 0 Å². The second-order valence-electron chi connectivity index (χ2n) is 7.52. The fourth-order valence-electron chi connectivity index (χ4n) is 3.59. The number of rotatable bonds is 7. The number of pyridine rings is 1. The number of hydrogen-bond donors (Lipinski definition) is 1. The third kappa shape index (κ3) is 6.34. The molecule has 0 saturated carbocycles. The van der Waals surface area contributed by atoms with E-state index < -0.39 is 0 Å². The SMILES string of the molecule is CCCCCc1ccc(NC(=O)N2CCCN(Cc3ccccn3)CC2)cc1. The summed E-state index contributed by atoms with van der Waals surface area (Å²) in [6.07, 6.45) is 7.66. The summed E-state index contributed by atoms with van der Waals surface area (Å²) in [5.74, 6) is 0. The predicted octanol–water partition coefficient (Wildman–Crippen LogP) is 4.55. The van der Waals surface area contributed by atoms with Crippen LogP contribution in [0.3, 0.4) is 0 Å². The Morgan fingerprint density at radius 1 is 1.04 bits per heavy atom. The van der Waals surface area contributed by atoms with Gasteiger partial charge in [-0.25, -0.2) is 4.79 Å². The van der Waals surface area contributed by atoms with Crippen LogP contribution in [-0.4, -0.2) is 47.0 Å². The van der Waals surface area contributed by atoms with Crippen molar-refractivity contribution in [1.29, 1.82) is 0 Å². The van der Waals surface area contributed by atoms with Crippen molar-refractivity contribution in [3.05, 3.63) is 59.9 Å². The van der Waals surface area contributed by atoms with E-state index in [4.69, 9.17) is 0 Å². The van der Waals surface area contributed by atoms with E-state index in [-0.39, 0.29) is 6.03 Å². The molecule has 1 N–H and O–H groups in total. The molecule has 2 heterocycles. The van der Waals surface area contributed by atoms with Gasteiger partial charge in [-0.15, -0.1) is 0 Å². The van der Waals surface area contributed by atoms with Crippen molar-refractivity contribution in [1.82, 2.24) is 14.8 Å². The molecule has 1 fully saturated rings. The number of nitrogens with one attached hydrogen (secondary N) is 1. The van der Waals surface area contributed by atoms with Gasteiger partial charge >= 0.3 is 6.03 Å². The highest BCUT2D eigenvalue weighted by atomic mass is 16.2. The summed E-state index contributed by atoms with van der Waals surface area (Å²) in [5.41, 5.74) is 3.30. The molecule has 1 saturated heterocycles. The number of hydrogen-bond acceptors (Lipinski definition) is 3. The van der Waals surface area contributed by atoms with Gasteiger partial charge in [-0.2, -0.15) is 0 Å². The van der Waals surface area contributed by atoms with Crippen molar-refractivity contribution in [2.75, 3.05) is 31.5 Å². The van der Waals surface area contributed by atoms with Gasteiger partial charge in [0.25, 0.3) is 0 Å². The lowest BCUT2D eigenvalue weighted by atomic mass is 10.1. The first kappa shape index (κ1) is 20.3. The zero-order valence-corrected chi connectivity index (χ0v) is 16.9. The zero-order valence-electron chi connectivity index (χ0n) is 16.9. The van der Waals surface area contributed by atoms with Crippen molar-refractivity contribution in [2.45, 2.75) is 45.6 Å². The van der Waals surface area contributed by atoms with Crippen LogP contribution in [-0.2, 0) is 13.0 Å². The Balaban J connectivity index is 1.46. The molecule has 0 bridgehead atoms. The highest BCUT2D eigenvalue weighted by Crippen LogP contribution is 2.14. The van der Waals surface area contributed by atoms with Gasteiger partial charge in [0.1, 0.15) is 0 Å². The standard InChI is InChI=1S/C23H32N4O/c1-2-3-4-8-20-10-12-21(13-11-20)25-23(28)27-16-7-15-26(17-18-27)19-22-9-5-6-14-24-22/h5-6,9-14H,2-4,7-8,15-19H2,1H3,(H,25,28). The minimum atomic E-state index is -0.00146. The topological polar surface area (TPSA) is 48.5 Å². The van der Waals surface area contributed by atoms with Crippen LogP contribution in [0.25, 0.3) is 0 Å².